The third-order valence-corrected chi connectivity index (χ3v) is 18.7. The van der Waals surface area contributed by atoms with Crippen molar-refractivity contribution in [3.05, 3.63) is 361 Å². The number of benzene rings is 14. The van der Waals surface area contributed by atoms with Crippen LogP contribution in [0.5, 0.6) is 0 Å². The lowest BCUT2D eigenvalue weighted by Crippen LogP contribution is -2.33. The first kappa shape index (κ1) is 56.0. The van der Waals surface area contributed by atoms with Crippen LogP contribution in [0.4, 0.5) is 0 Å². The van der Waals surface area contributed by atoms with Crippen LogP contribution in [0.2, 0.25) is 0 Å². The highest BCUT2D eigenvalue weighted by Gasteiger charge is 2.28. The van der Waals surface area contributed by atoms with Crippen molar-refractivity contribution in [1.29, 1.82) is 0 Å². The number of furan rings is 2. The zero-order valence-corrected chi connectivity index (χ0v) is 51.9. The molecule has 0 bridgehead atoms. The van der Waals surface area contributed by atoms with Gasteiger partial charge in [-0.1, -0.05) is 297 Å². The maximum absolute atomic E-state index is 6.86. The van der Waals surface area contributed by atoms with Gasteiger partial charge < -0.3 is 19.5 Å². The second-order valence-electron chi connectivity index (χ2n) is 24.4. The summed E-state index contributed by atoms with van der Waals surface area (Å²) in [7, 11) is 0. The number of rotatable bonds is 12. The lowest BCUT2D eigenvalue weighted by atomic mass is 9.88. The normalized spacial score (nSPS) is 14.7. The molecule has 8 heteroatoms. The van der Waals surface area contributed by atoms with Gasteiger partial charge in [0.05, 0.1) is 0 Å². The highest BCUT2D eigenvalue weighted by atomic mass is 16.3. The van der Waals surface area contributed by atoms with Crippen molar-refractivity contribution in [2.45, 2.75) is 12.3 Å². The van der Waals surface area contributed by atoms with Crippen LogP contribution >= 0.6 is 0 Å². The Kier molecular flexibility index (Phi) is 13.8. The van der Waals surface area contributed by atoms with Gasteiger partial charge in [0.25, 0.3) is 0 Å². The number of nitrogens with zero attached hydrogens (tertiary/aromatic N) is 4. The van der Waals surface area contributed by atoms with E-state index in [1.807, 2.05) is 48.5 Å². The van der Waals surface area contributed by atoms with Gasteiger partial charge in [-0.2, -0.15) is 0 Å². The zero-order valence-electron chi connectivity index (χ0n) is 51.9. The number of nitrogens with one attached hydrogen (secondary N) is 2. The smallest absolute Gasteiger partial charge is 0.159 e. The summed E-state index contributed by atoms with van der Waals surface area (Å²) in [6, 6.07) is 115. The summed E-state index contributed by atoms with van der Waals surface area (Å²) in [5, 5.41) is 13.9. The summed E-state index contributed by atoms with van der Waals surface area (Å²) in [5.41, 5.74) is 22.5. The highest BCUT2D eigenvalue weighted by molar-refractivity contribution is 6.25. The van der Waals surface area contributed by atoms with Gasteiger partial charge in [-0.25, -0.2) is 20.0 Å². The Morgan fingerprint density at radius 2 is 0.635 bits per heavy atom. The molecule has 14 aromatic carbocycles. The van der Waals surface area contributed by atoms with Gasteiger partial charge in [0, 0.05) is 49.4 Å². The Balaban J connectivity index is 0.694. The Morgan fingerprint density at radius 1 is 0.240 bits per heavy atom. The molecule has 18 rings (SSSR count). The maximum atomic E-state index is 6.86. The lowest BCUT2D eigenvalue weighted by molar-refractivity contribution is 0.662. The van der Waals surface area contributed by atoms with Crippen LogP contribution in [-0.4, -0.2) is 23.3 Å². The van der Waals surface area contributed by atoms with E-state index in [9.17, 15) is 0 Å². The molecule has 2 aliphatic rings. The predicted octanol–water partition coefficient (Wildman–Crippen LogP) is 21.6. The first-order valence-corrected chi connectivity index (χ1v) is 32.5. The Hall–Kier alpha value is -12.8. The summed E-state index contributed by atoms with van der Waals surface area (Å²) in [6.45, 7) is 0. The Labute approximate surface area is 554 Å². The first-order valence-electron chi connectivity index (χ1n) is 32.5. The summed E-state index contributed by atoms with van der Waals surface area (Å²) < 4.78 is 13.4. The fourth-order valence-corrected chi connectivity index (χ4v) is 14.0. The van der Waals surface area contributed by atoms with Crippen molar-refractivity contribution in [3.63, 3.8) is 0 Å². The van der Waals surface area contributed by atoms with Crippen LogP contribution in [0.15, 0.2) is 356 Å². The molecule has 4 heterocycles. The van der Waals surface area contributed by atoms with Crippen LogP contribution in [0.3, 0.4) is 0 Å². The summed E-state index contributed by atoms with van der Waals surface area (Å²) in [6.07, 6.45) is -0.838. The fourth-order valence-electron chi connectivity index (χ4n) is 14.0. The van der Waals surface area contributed by atoms with Gasteiger partial charge in [-0.05, 0) is 113 Å². The first-order chi connectivity index (χ1) is 47.6. The van der Waals surface area contributed by atoms with E-state index in [1.165, 1.54) is 0 Å². The number of aliphatic imine (C=N–C) groups is 4. The van der Waals surface area contributed by atoms with Crippen molar-refractivity contribution in [2.75, 3.05) is 0 Å². The van der Waals surface area contributed by atoms with Gasteiger partial charge >= 0.3 is 0 Å². The lowest BCUT2D eigenvalue weighted by Gasteiger charge is -2.24. The van der Waals surface area contributed by atoms with Crippen molar-refractivity contribution < 1.29 is 8.83 Å². The van der Waals surface area contributed by atoms with Crippen LogP contribution < -0.4 is 10.6 Å². The molecule has 8 nitrogen and oxygen atoms in total. The molecular weight excluding hydrogens is 1170 g/mol. The Bertz CT molecular complexity index is 5780. The van der Waals surface area contributed by atoms with Crippen molar-refractivity contribution in [3.8, 4) is 66.8 Å². The minimum atomic E-state index is -0.454. The molecule has 0 saturated heterocycles. The van der Waals surface area contributed by atoms with Gasteiger partial charge in [0.2, 0.25) is 0 Å². The maximum Gasteiger partial charge on any atom is 0.159 e. The molecule has 2 aromatic heterocycles. The second kappa shape index (κ2) is 23.7. The largest absolute Gasteiger partial charge is 0.456 e. The number of hydrogen-bond acceptors (Lipinski definition) is 8. The van der Waals surface area contributed by atoms with E-state index >= 15 is 0 Å². The molecule has 2 aliphatic heterocycles. The minimum absolute atomic E-state index is 0.385. The number of hydrogen-bond donors (Lipinski definition) is 2. The summed E-state index contributed by atoms with van der Waals surface area (Å²) in [4.78, 5) is 21.2. The quantitative estimate of drug-likeness (QED) is 0.127. The molecule has 2 atom stereocenters. The third-order valence-electron chi connectivity index (χ3n) is 18.7. The van der Waals surface area contributed by atoms with E-state index < -0.39 is 6.17 Å². The van der Waals surface area contributed by atoms with Gasteiger partial charge in [-0.3, -0.25) is 0 Å². The van der Waals surface area contributed by atoms with Gasteiger partial charge in [0.1, 0.15) is 46.3 Å². The molecule has 0 radical (unpaired) electrons. The summed E-state index contributed by atoms with van der Waals surface area (Å²) in [5.74, 6) is 2.78. The monoisotopic (exact) mass is 1230 g/mol. The number of fused-ring (bicyclic) bond motifs is 7. The topological polar surface area (TPSA) is 99.8 Å². The predicted molar refractivity (Wildman–Crippen MR) is 395 cm³/mol. The van der Waals surface area contributed by atoms with E-state index in [-0.39, 0.29) is 6.17 Å². The van der Waals surface area contributed by atoms with E-state index in [0.29, 0.717) is 11.7 Å². The molecule has 2 N–H and O–H groups in total. The van der Waals surface area contributed by atoms with E-state index in [0.717, 1.165) is 166 Å². The van der Waals surface area contributed by atoms with Crippen LogP contribution in [0.1, 0.15) is 45.7 Å². The van der Waals surface area contributed by atoms with Crippen molar-refractivity contribution in [2.24, 2.45) is 20.0 Å². The second-order valence-corrected chi connectivity index (χ2v) is 24.4. The van der Waals surface area contributed by atoms with Crippen molar-refractivity contribution >= 4 is 78.0 Å². The molecule has 0 amide bonds. The standard InChI is InChI=1S/C88H58N6O2/c1-6-20-55(21-7-1)56-42-46-64(47-43-56)85-90-84(63-28-14-5-15-29-63)92-88(94-85)73-33-19-37-78-82(73)80-71(31-17-35-76(80)96-78)70-53-52-67(60-22-8-2-9-23-60)69-51-50-66(54-74(69)70)59-40-38-57(39-41-59)58-44-48-65(49-45-58)86-89-83(62-26-12-4-13-27-62)91-87(93-86)72-32-18-36-77-81(72)79-68(30-16-34-75(79)95-77)61-24-10-3-11-25-61/h1-54,84,87H,(H,89,91,93)(H,90,92,94). The molecule has 16 aromatic rings. The van der Waals surface area contributed by atoms with Crippen molar-refractivity contribution in [1.82, 2.24) is 10.6 Å². The van der Waals surface area contributed by atoms with Gasteiger partial charge in [-0.15, -0.1) is 0 Å². The molecule has 0 saturated carbocycles. The molecule has 0 spiro atoms. The van der Waals surface area contributed by atoms with E-state index in [2.05, 4.69) is 290 Å². The third kappa shape index (κ3) is 10.1. The zero-order chi connectivity index (χ0) is 63.5. The van der Waals surface area contributed by atoms with Gasteiger partial charge in [0.15, 0.2) is 11.7 Å². The molecule has 96 heavy (non-hydrogen) atoms. The average molecular weight is 1230 g/mol. The molecule has 2 unspecified atom stereocenters. The Morgan fingerprint density at radius 3 is 1.24 bits per heavy atom. The average Bonchev–Trinajstić information content (AvgIpc) is 1.47. The SMILES string of the molecule is c1ccc(C2=NC(c3cccc4oc5cccc(-c6ccccc6)c5c34)NC(c3ccc(-c4ccc(-c5ccc6c(-c7ccccc7)ccc(-c7cccc8oc9cccc(C%10=NC(c%11ccc(-c%12ccccc%12)cc%11)=NC(c%11ccccc%11)N%10)c9c78)c6c5)cc4)cc3)=N2)cc1. The molecule has 0 aliphatic carbocycles. The fraction of sp³-hybridized carbons (Fsp3) is 0.0227. The van der Waals surface area contributed by atoms with Crippen LogP contribution in [0, 0.1) is 0 Å². The van der Waals surface area contributed by atoms with Crippen LogP contribution in [0.25, 0.3) is 121 Å². The molecule has 452 valence electrons. The van der Waals surface area contributed by atoms with E-state index in [1.54, 1.807) is 0 Å². The summed E-state index contributed by atoms with van der Waals surface area (Å²) >= 11 is 0. The highest BCUT2D eigenvalue weighted by Crippen LogP contribution is 2.45. The molecular formula is C88H58N6O2. The van der Waals surface area contributed by atoms with Crippen LogP contribution in [-0.2, 0) is 0 Å². The molecule has 0 fully saturated rings. The number of amidine groups is 4. The minimum Gasteiger partial charge on any atom is -0.456 e. The van der Waals surface area contributed by atoms with E-state index in [4.69, 9.17) is 28.8 Å².